The summed E-state index contributed by atoms with van der Waals surface area (Å²) in [5.74, 6) is -1.30. The number of halogens is 2. The summed E-state index contributed by atoms with van der Waals surface area (Å²) in [7, 11) is 0. The Hall–Kier alpha value is -0.430. The fraction of sp³-hybridized carbons (Fsp3) is 0.111. The molecule has 0 aliphatic rings. The predicted molar refractivity (Wildman–Crippen MR) is 64.2 cm³/mol. The third-order valence-corrected chi connectivity index (χ3v) is 2.81. The van der Waals surface area contributed by atoms with Crippen LogP contribution in [0.1, 0.15) is 20.7 Å². The number of hydrogen-bond acceptors (Lipinski definition) is 2. The van der Waals surface area contributed by atoms with Crippen LogP contribution in [-0.2, 0) is 0 Å². The zero-order chi connectivity index (χ0) is 10.7. The molecule has 0 aliphatic heterocycles. The van der Waals surface area contributed by atoms with E-state index in [1.165, 1.54) is 12.1 Å². The number of alkyl halides is 1. The molecule has 0 spiro atoms. The molecule has 1 N–H and O–H groups in total. The normalized spacial score (nSPS) is 9.86. The molecule has 0 atom stereocenters. The van der Waals surface area contributed by atoms with Gasteiger partial charge in [-0.1, -0.05) is 15.9 Å². The van der Waals surface area contributed by atoms with Crippen LogP contribution in [0.3, 0.4) is 0 Å². The van der Waals surface area contributed by atoms with Gasteiger partial charge in [0.25, 0.3) is 0 Å². The smallest absolute Gasteiger partial charge is 0.336 e. The summed E-state index contributed by atoms with van der Waals surface area (Å²) >= 11 is 5.01. The van der Waals surface area contributed by atoms with Crippen molar-refractivity contribution in [3.05, 3.63) is 32.9 Å². The van der Waals surface area contributed by atoms with E-state index in [0.717, 1.165) is 3.57 Å². The van der Waals surface area contributed by atoms with E-state index >= 15 is 0 Å². The van der Waals surface area contributed by atoms with Crippen LogP contribution >= 0.6 is 38.5 Å². The summed E-state index contributed by atoms with van der Waals surface area (Å²) in [4.78, 5) is 22.2. The van der Waals surface area contributed by atoms with Gasteiger partial charge in [-0.2, -0.15) is 0 Å². The Bertz CT molecular complexity index is 390. The first-order chi connectivity index (χ1) is 6.56. The van der Waals surface area contributed by atoms with E-state index in [-0.39, 0.29) is 22.2 Å². The molecule has 1 aromatic carbocycles. The van der Waals surface area contributed by atoms with Gasteiger partial charge in [0, 0.05) is 9.13 Å². The summed E-state index contributed by atoms with van der Waals surface area (Å²) < 4.78 is 0.797. The van der Waals surface area contributed by atoms with Crippen LogP contribution in [0.5, 0.6) is 0 Å². The molecule has 74 valence electrons. The molecule has 0 bridgehead atoms. The third kappa shape index (κ3) is 2.54. The molecule has 0 aliphatic carbocycles. The van der Waals surface area contributed by atoms with Crippen molar-refractivity contribution < 1.29 is 14.7 Å². The Morgan fingerprint density at radius 3 is 2.50 bits per heavy atom. The maximum absolute atomic E-state index is 11.3. The van der Waals surface area contributed by atoms with Crippen LogP contribution in [0.15, 0.2) is 18.2 Å². The summed E-state index contributed by atoms with van der Waals surface area (Å²) in [5, 5.41) is 9.00. The zero-order valence-electron chi connectivity index (χ0n) is 6.96. The van der Waals surface area contributed by atoms with Gasteiger partial charge in [0.05, 0.1) is 10.9 Å². The Morgan fingerprint density at radius 1 is 1.36 bits per heavy atom. The van der Waals surface area contributed by atoms with Gasteiger partial charge in [0.1, 0.15) is 0 Å². The van der Waals surface area contributed by atoms with Gasteiger partial charge >= 0.3 is 5.97 Å². The molecule has 0 saturated heterocycles. The van der Waals surface area contributed by atoms with Crippen molar-refractivity contribution >= 4 is 50.3 Å². The topological polar surface area (TPSA) is 54.4 Å². The van der Waals surface area contributed by atoms with Crippen LogP contribution in [0.2, 0.25) is 0 Å². The second-order valence-electron chi connectivity index (χ2n) is 2.55. The maximum atomic E-state index is 11.3. The average molecular weight is 369 g/mol. The number of benzene rings is 1. The lowest BCUT2D eigenvalue weighted by atomic mass is 10.1. The first-order valence-electron chi connectivity index (χ1n) is 3.68. The lowest BCUT2D eigenvalue weighted by Gasteiger charge is -2.03. The lowest BCUT2D eigenvalue weighted by Crippen LogP contribution is -2.09. The highest BCUT2D eigenvalue weighted by molar-refractivity contribution is 14.1. The second kappa shape index (κ2) is 4.88. The van der Waals surface area contributed by atoms with Crippen molar-refractivity contribution in [2.45, 2.75) is 0 Å². The highest BCUT2D eigenvalue weighted by atomic mass is 127. The minimum atomic E-state index is -1.08. The Kier molecular flexibility index (Phi) is 4.06. The fourth-order valence-electron chi connectivity index (χ4n) is 1.01. The van der Waals surface area contributed by atoms with Crippen molar-refractivity contribution in [1.82, 2.24) is 0 Å². The summed E-state index contributed by atoms with van der Waals surface area (Å²) in [6.07, 6.45) is 0. The van der Waals surface area contributed by atoms with Crippen molar-refractivity contribution in [2.24, 2.45) is 0 Å². The highest BCUT2D eigenvalue weighted by Gasteiger charge is 2.15. The standard InChI is InChI=1S/C9H6BrIO3/c10-4-8(12)6-2-1-5(11)3-7(6)9(13)14/h1-3H,4H2,(H,13,14). The van der Waals surface area contributed by atoms with Gasteiger partial charge in [0.2, 0.25) is 0 Å². The maximum Gasteiger partial charge on any atom is 0.336 e. The van der Waals surface area contributed by atoms with E-state index < -0.39 is 5.97 Å². The number of carbonyl (C=O) groups excluding carboxylic acids is 1. The van der Waals surface area contributed by atoms with Gasteiger partial charge in [0.15, 0.2) is 5.78 Å². The van der Waals surface area contributed by atoms with Gasteiger partial charge in [-0.25, -0.2) is 4.79 Å². The van der Waals surface area contributed by atoms with Crippen molar-refractivity contribution in [3.8, 4) is 0 Å². The third-order valence-electron chi connectivity index (χ3n) is 1.63. The molecule has 1 aromatic rings. The highest BCUT2D eigenvalue weighted by Crippen LogP contribution is 2.15. The number of rotatable bonds is 3. The number of hydrogen-bond donors (Lipinski definition) is 1. The first-order valence-corrected chi connectivity index (χ1v) is 5.88. The molecule has 0 amide bonds. The fourth-order valence-corrected chi connectivity index (χ4v) is 1.80. The van der Waals surface area contributed by atoms with E-state index in [1.807, 2.05) is 22.6 Å². The number of aromatic carboxylic acids is 1. The average Bonchev–Trinajstić information content (AvgIpc) is 2.16. The summed E-state index contributed by atoms with van der Waals surface area (Å²) in [6.45, 7) is 0. The van der Waals surface area contributed by atoms with E-state index in [9.17, 15) is 9.59 Å². The Labute approximate surface area is 103 Å². The summed E-state index contributed by atoms with van der Waals surface area (Å²) in [6, 6.07) is 4.73. The van der Waals surface area contributed by atoms with Crippen LogP contribution in [0, 0.1) is 3.57 Å². The van der Waals surface area contributed by atoms with Crippen LogP contribution in [0.4, 0.5) is 0 Å². The molecule has 0 saturated carbocycles. The molecule has 0 radical (unpaired) electrons. The summed E-state index contributed by atoms with van der Waals surface area (Å²) in [5.41, 5.74) is 0.302. The van der Waals surface area contributed by atoms with Crippen molar-refractivity contribution in [2.75, 3.05) is 5.33 Å². The monoisotopic (exact) mass is 368 g/mol. The lowest BCUT2D eigenvalue weighted by molar-refractivity contribution is 0.0692. The quantitative estimate of drug-likeness (QED) is 0.507. The molecule has 5 heteroatoms. The predicted octanol–water partition coefficient (Wildman–Crippen LogP) is 2.57. The number of Topliss-reactive ketones (excluding diaryl/α,β-unsaturated/α-hetero) is 1. The van der Waals surface area contributed by atoms with Crippen molar-refractivity contribution in [3.63, 3.8) is 0 Å². The van der Waals surface area contributed by atoms with Crippen LogP contribution in [-0.4, -0.2) is 22.2 Å². The molecule has 0 unspecified atom stereocenters. The molecule has 3 nitrogen and oxygen atoms in total. The van der Waals surface area contributed by atoms with Gasteiger partial charge in [-0.15, -0.1) is 0 Å². The van der Waals surface area contributed by atoms with Gasteiger partial charge < -0.3 is 5.11 Å². The SMILES string of the molecule is O=C(O)c1cc(I)ccc1C(=O)CBr. The van der Waals surface area contributed by atoms with E-state index in [4.69, 9.17) is 5.11 Å². The molecule has 0 fully saturated rings. The van der Waals surface area contributed by atoms with Gasteiger partial charge in [-0.05, 0) is 40.8 Å². The number of carbonyl (C=O) groups is 2. The molecule has 0 aromatic heterocycles. The Balaban J connectivity index is 3.28. The Morgan fingerprint density at radius 2 is 2.00 bits per heavy atom. The first kappa shape index (κ1) is 11.6. The van der Waals surface area contributed by atoms with Gasteiger partial charge in [-0.3, -0.25) is 4.79 Å². The molecule has 1 rings (SSSR count). The second-order valence-corrected chi connectivity index (χ2v) is 4.36. The van der Waals surface area contributed by atoms with E-state index in [1.54, 1.807) is 6.07 Å². The number of carboxylic acids is 1. The molecule has 0 heterocycles. The largest absolute Gasteiger partial charge is 0.478 e. The van der Waals surface area contributed by atoms with E-state index in [2.05, 4.69) is 15.9 Å². The number of ketones is 1. The number of carboxylic acid groups (broad SMARTS) is 1. The molecular formula is C9H6BrIO3. The van der Waals surface area contributed by atoms with Crippen molar-refractivity contribution in [1.29, 1.82) is 0 Å². The molecular weight excluding hydrogens is 363 g/mol. The minimum absolute atomic E-state index is 0.0568. The van der Waals surface area contributed by atoms with Crippen LogP contribution in [0.25, 0.3) is 0 Å². The zero-order valence-corrected chi connectivity index (χ0v) is 10.7. The minimum Gasteiger partial charge on any atom is -0.478 e. The molecule has 14 heavy (non-hydrogen) atoms. The van der Waals surface area contributed by atoms with Crippen LogP contribution < -0.4 is 0 Å². The van der Waals surface area contributed by atoms with E-state index in [0.29, 0.717) is 0 Å².